The van der Waals surface area contributed by atoms with Crippen LogP contribution in [0, 0.1) is 12.7 Å². The summed E-state index contributed by atoms with van der Waals surface area (Å²) in [6.07, 6.45) is 0. The van der Waals surface area contributed by atoms with E-state index >= 15 is 0 Å². The minimum atomic E-state index is -0.634. The Kier molecular flexibility index (Phi) is 5.56. The van der Waals surface area contributed by atoms with Gasteiger partial charge < -0.3 is 15.1 Å². The molecule has 2 amide bonds. The normalized spacial score (nSPS) is 14.3. The number of carbonyl (C=O) groups excluding carboxylic acids is 2. The summed E-state index contributed by atoms with van der Waals surface area (Å²) in [6.45, 7) is 3.96. The summed E-state index contributed by atoms with van der Waals surface area (Å²) in [5, 5.41) is 2.68. The van der Waals surface area contributed by atoms with Crippen LogP contribution < -0.4 is 10.2 Å². The summed E-state index contributed by atoms with van der Waals surface area (Å²) in [7, 11) is 0. The van der Waals surface area contributed by atoms with Gasteiger partial charge in [-0.25, -0.2) is 4.39 Å². The van der Waals surface area contributed by atoms with Gasteiger partial charge in [0.25, 0.3) is 0 Å². The maximum atomic E-state index is 13.0. The Hall–Kier alpha value is -2.41. The Morgan fingerprint density at radius 2 is 1.69 bits per heavy atom. The molecule has 1 heterocycles. The SMILES string of the molecule is Cc1cc(Br)ccc1NC(=O)C(=O)N1CCN(c2ccc(F)cc2)CC1. The Bertz CT molecular complexity index is 818. The van der Waals surface area contributed by atoms with Crippen molar-refractivity contribution in [2.45, 2.75) is 6.92 Å². The number of rotatable bonds is 2. The number of carbonyl (C=O) groups is 2. The second kappa shape index (κ2) is 7.86. The number of hydrogen-bond donors (Lipinski definition) is 1. The lowest BCUT2D eigenvalue weighted by Gasteiger charge is -2.35. The van der Waals surface area contributed by atoms with Gasteiger partial charge in [0.1, 0.15) is 5.82 Å². The summed E-state index contributed by atoms with van der Waals surface area (Å²) in [5.41, 5.74) is 2.41. The van der Waals surface area contributed by atoms with Crippen molar-refractivity contribution in [1.82, 2.24) is 4.90 Å². The van der Waals surface area contributed by atoms with Crippen LogP contribution in [0.5, 0.6) is 0 Å². The van der Waals surface area contributed by atoms with E-state index in [4.69, 9.17) is 0 Å². The Morgan fingerprint density at radius 1 is 1.04 bits per heavy atom. The molecule has 136 valence electrons. The van der Waals surface area contributed by atoms with E-state index in [1.54, 1.807) is 23.1 Å². The van der Waals surface area contributed by atoms with E-state index in [-0.39, 0.29) is 5.82 Å². The van der Waals surface area contributed by atoms with Crippen molar-refractivity contribution >= 4 is 39.1 Å². The van der Waals surface area contributed by atoms with Crippen LogP contribution in [0.15, 0.2) is 46.9 Å². The summed E-state index contributed by atoms with van der Waals surface area (Å²) in [6, 6.07) is 11.7. The molecule has 0 spiro atoms. The van der Waals surface area contributed by atoms with Gasteiger partial charge in [-0.1, -0.05) is 15.9 Å². The van der Waals surface area contributed by atoms with Gasteiger partial charge in [0.2, 0.25) is 0 Å². The topological polar surface area (TPSA) is 52.7 Å². The first-order valence-corrected chi connectivity index (χ1v) is 9.10. The van der Waals surface area contributed by atoms with Gasteiger partial charge in [-0.3, -0.25) is 9.59 Å². The van der Waals surface area contributed by atoms with Gasteiger partial charge in [0.15, 0.2) is 0 Å². The number of hydrogen-bond acceptors (Lipinski definition) is 3. The highest BCUT2D eigenvalue weighted by Gasteiger charge is 2.26. The highest BCUT2D eigenvalue weighted by molar-refractivity contribution is 9.10. The van der Waals surface area contributed by atoms with Gasteiger partial charge in [-0.05, 0) is 55.0 Å². The predicted octanol–water partition coefficient (Wildman–Crippen LogP) is 3.18. The first-order valence-electron chi connectivity index (χ1n) is 8.31. The molecule has 0 radical (unpaired) electrons. The fraction of sp³-hybridized carbons (Fsp3) is 0.263. The van der Waals surface area contributed by atoms with E-state index in [9.17, 15) is 14.0 Å². The van der Waals surface area contributed by atoms with Crippen LogP contribution in [0.1, 0.15) is 5.56 Å². The van der Waals surface area contributed by atoms with Crippen molar-refractivity contribution in [3.05, 3.63) is 58.3 Å². The van der Waals surface area contributed by atoms with Crippen LogP contribution in [-0.4, -0.2) is 42.9 Å². The smallest absolute Gasteiger partial charge is 0.313 e. The Morgan fingerprint density at radius 3 is 2.31 bits per heavy atom. The van der Waals surface area contributed by atoms with Crippen molar-refractivity contribution in [1.29, 1.82) is 0 Å². The van der Waals surface area contributed by atoms with Crippen molar-refractivity contribution in [3.63, 3.8) is 0 Å². The van der Waals surface area contributed by atoms with E-state index < -0.39 is 11.8 Å². The number of nitrogens with zero attached hydrogens (tertiary/aromatic N) is 2. The van der Waals surface area contributed by atoms with Crippen molar-refractivity contribution < 1.29 is 14.0 Å². The number of nitrogens with one attached hydrogen (secondary N) is 1. The lowest BCUT2D eigenvalue weighted by molar-refractivity contribution is -0.143. The van der Waals surface area contributed by atoms with E-state index in [1.807, 2.05) is 19.1 Å². The van der Waals surface area contributed by atoms with Crippen LogP contribution in [0.3, 0.4) is 0 Å². The first-order chi connectivity index (χ1) is 12.4. The quantitative estimate of drug-likeness (QED) is 0.760. The van der Waals surface area contributed by atoms with E-state index in [2.05, 4.69) is 26.1 Å². The van der Waals surface area contributed by atoms with E-state index in [0.29, 0.717) is 31.9 Å². The third kappa shape index (κ3) is 4.22. The molecule has 2 aromatic carbocycles. The zero-order valence-corrected chi connectivity index (χ0v) is 15.9. The van der Waals surface area contributed by atoms with Crippen LogP contribution in [0.2, 0.25) is 0 Å². The zero-order chi connectivity index (χ0) is 18.7. The third-order valence-corrected chi connectivity index (χ3v) is 4.88. The zero-order valence-electron chi connectivity index (χ0n) is 14.3. The second-order valence-corrected chi connectivity index (χ2v) is 7.08. The monoisotopic (exact) mass is 419 g/mol. The van der Waals surface area contributed by atoms with Gasteiger partial charge in [-0.15, -0.1) is 0 Å². The molecule has 0 unspecified atom stereocenters. The summed E-state index contributed by atoms with van der Waals surface area (Å²) in [4.78, 5) is 28.3. The number of aryl methyl sites for hydroxylation is 1. The second-order valence-electron chi connectivity index (χ2n) is 6.17. The van der Waals surface area contributed by atoms with E-state index in [0.717, 1.165) is 15.7 Å². The fourth-order valence-electron chi connectivity index (χ4n) is 2.91. The standard InChI is InChI=1S/C19H19BrFN3O2/c1-13-12-14(20)2-7-17(13)22-18(25)19(26)24-10-8-23(9-11-24)16-5-3-15(21)4-6-16/h2-7,12H,8-11H2,1H3,(H,22,25). The lowest BCUT2D eigenvalue weighted by Crippen LogP contribution is -2.51. The molecule has 1 aliphatic heterocycles. The molecule has 1 N–H and O–H groups in total. The molecule has 0 aliphatic carbocycles. The summed E-state index contributed by atoms with van der Waals surface area (Å²) in [5.74, 6) is -1.45. The number of amides is 2. The van der Waals surface area contributed by atoms with E-state index in [1.165, 1.54) is 12.1 Å². The largest absolute Gasteiger partial charge is 0.368 e. The van der Waals surface area contributed by atoms with Gasteiger partial charge in [0.05, 0.1) is 0 Å². The summed E-state index contributed by atoms with van der Waals surface area (Å²) >= 11 is 3.37. The van der Waals surface area contributed by atoms with Crippen molar-refractivity contribution in [3.8, 4) is 0 Å². The highest BCUT2D eigenvalue weighted by atomic mass is 79.9. The molecule has 0 saturated carbocycles. The Labute approximate surface area is 159 Å². The average molecular weight is 420 g/mol. The number of benzene rings is 2. The molecule has 2 aromatic rings. The lowest BCUT2D eigenvalue weighted by atomic mass is 10.2. The van der Waals surface area contributed by atoms with Crippen molar-refractivity contribution in [2.24, 2.45) is 0 Å². The molecule has 0 aromatic heterocycles. The van der Waals surface area contributed by atoms with Gasteiger partial charge in [-0.2, -0.15) is 0 Å². The Balaban J connectivity index is 1.57. The van der Waals surface area contributed by atoms with Crippen LogP contribution in [-0.2, 0) is 9.59 Å². The maximum Gasteiger partial charge on any atom is 0.313 e. The summed E-state index contributed by atoms with van der Waals surface area (Å²) < 4.78 is 13.9. The van der Waals surface area contributed by atoms with Gasteiger partial charge >= 0.3 is 11.8 Å². The fourth-order valence-corrected chi connectivity index (χ4v) is 3.38. The minimum Gasteiger partial charge on any atom is -0.368 e. The molecule has 5 nitrogen and oxygen atoms in total. The molecule has 7 heteroatoms. The molecule has 3 rings (SSSR count). The van der Waals surface area contributed by atoms with Crippen LogP contribution in [0.4, 0.5) is 15.8 Å². The van der Waals surface area contributed by atoms with Crippen LogP contribution in [0.25, 0.3) is 0 Å². The molecule has 0 bridgehead atoms. The molecule has 0 atom stereocenters. The number of piperazine rings is 1. The maximum absolute atomic E-state index is 13.0. The molecule has 1 saturated heterocycles. The van der Waals surface area contributed by atoms with Gasteiger partial charge in [0, 0.05) is 42.0 Å². The van der Waals surface area contributed by atoms with Crippen molar-refractivity contribution in [2.75, 3.05) is 36.4 Å². The molecular weight excluding hydrogens is 401 g/mol. The number of halogens is 2. The first kappa shape index (κ1) is 18.4. The highest BCUT2D eigenvalue weighted by Crippen LogP contribution is 2.20. The number of anilines is 2. The molecule has 26 heavy (non-hydrogen) atoms. The minimum absolute atomic E-state index is 0.275. The molecular formula is C19H19BrFN3O2. The average Bonchev–Trinajstić information content (AvgIpc) is 2.64. The molecule has 1 aliphatic rings. The molecule has 1 fully saturated rings. The van der Waals surface area contributed by atoms with Crippen LogP contribution >= 0.6 is 15.9 Å². The predicted molar refractivity (Wildman–Crippen MR) is 103 cm³/mol. The third-order valence-electron chi connectivity index (χ3n) is 4.39.